The van der Waals surface area contributed by atoms with E-state index in [9.17, 15) is 0 Å². The van der Waals surface area contributed by atoms with Gasteiger partial charge in [-0.2, -0.15) is 0 Å². The van der Waals surface area contributed by atoms with Crippen molar-refractivity contribution >= 4 is 38.5 Å². The fourth-order valence-electron chi connectivity index (χ4n) is 2.93. The van der Waals surface area contributed by atoms with Crippen LogP contribution in [-0.4, -0.2) is 11.4 Å². The Balaban J connectivity index is 2.34. The first-order valence-corrected chi connectivity index (χ1v) is 6.22. The molecule has 0 aliphatic carbocycles. The Bertz CT molecular complexity index is 909. The minimum Gasteiger partial charge on any atom is -0.411 e. The summed E-state index contributed by atoms with van der Waals surface area (Å²) in [6.07, 6.45) is 1.49. The summed E-state index contributed by atoms with van der Waals surface area (Å²) in [6, 6.07) is 18.9. The lowest BCUT2D eigenvalue weighted by atomic mass is 9.92. The normalized spacial score (nSPS) is 12.2. The van der Waals surface area contributed by atoms with Crippen LogP contribution in [0.3, 0.4) is 0 Å². The highest BCUT2D eigenvalue weighted by molar-refractivity contribution is 6.25. The Kier molecular flexibility index (Phi) is 2.00. The summed E-state index contributed by atoms with van der Waals surface area (Å²) >= 11 is 0. The maximum Gasteiger partial charge on any atom is 0.0740 e. The molecule has 0 amide bonds. The summed E-state index contributed by atoms with van der Waals surface area (Å²) in [4.78, 5) is 0. The SMILES string of the molecule is ON=Cc1ccc2ccc3cccc4ccc1c2c34. The number of nitrogens with zero attached hydrogens (tertiary/aromatic N) is 1. The van der Waals surface area contributed by atoms with Crippen molar-refractivity contribution < 1.29 is 5.21 Å². The molecule has 0 aliphatic rings. The first kappa shape index (κ1) is 10.3. The van der Waals surface area contributed by atoms with Crippen LogP contribution in [0.1, 0.15) is 5.56 Å². The highest BCUT2D eigenvalue weighted by Crippen LogP contribution is 2.35. The van der Waals surface area contributed by atoms with Crippen molar-refractivity contribution in [2.24, 2.45) is 5.16 Å². The van der Waals surface area contributed by atoms with E-state index in [1.807, 2.05) is 6.07 Å². The van der Waals surface area contributed by atoms with E-state index in [0.717, 1.165) is 10.9 Å². The zero-order valence-electron chi connectivity index (χ0n) is 10.2. The van der Waals surface area contributed by atoms with E-state index < -0.39 is 0 Å². The lowest BCUT2D eigenvalue weighted by molar-refractivity contribution is 0.322. The van der Waals surface area contributed by atoms with Crippen LogP contribution >= 0.6 is 0 Å². The second-order valence-electron chi connectivity index (χ2n) is 4.76. The van der Waals surface area contributed by atoms with E-state index >= 15 is 0 Å². The molecule has 2 nitrogen and oxygen atoms in total. The second-order valence-corrected chi connectivity index (χ2v) is 4.76. The van der Waals surface area contributed by atoms with Crippen molar-refractivity contribution in [3.8, 4) is 0 Å². The molecule has 0 aromatic heterocycles. The number of oxime groups is 1. The molecule has 0 bridgehead atoms. The lowest BCUT2D eigenvalue weighted by Crippen LogP contribution is -1.88. The van der Waals surface area contributed by atoms with E-state index in [1.54, 1.807) is 0 Å². The summed E-state index contributed by atoms with van der Waals surface area (Å²) in [5.41, 5.74) is 0.938. The number of hydrogen-bond donors (Lipinski definition) is 1. The van der Waals surface area contributed by atoms with Crippen molar-refractivity contribution in [1.29, 1.82) is 0 Å². The van der Waals surface area contributed by atoms with Crippen molar-refractivity contribution in [3.05, 3.63) is 60.2 Å². The zero-order valence-corrected chi connectivity index (χ0v) is 10.2. The molecule has 0 saturated carbocycles. The number of hydrogen-bond acceptors (Lipinski definition) is 2. The van der Waals surface area contributed by atoms with Crippen LogP contribution < -0.4 is 0 Å². The van der Waals surface area contributed by atoms with Gasteiger partial charge < -0.3 is 5.21 Å². The Labute approximate surface area is 109 Å². The zero-order chi connectivity index (χ0) is 12.8. The van der Waals surface area contributed by atoms with Crippen molar-refractivity contribution in [1.82, 2.24) is 0 Å². The van der Waals surface area contributed by atoms with Crippen LogP contribution in [0.25, 0.3) is 32.3 Å². The van der Waals surface area contributed by atoms with Crippen LogP contribution in [0.5, 0.6) is 0 Å². The van der Waals surface area contributed by atoms with Crippen molar-refractivity contribution in [3.63, 3.8) is 0 Å². The average molecular weight is 245 g/mol. The molecule has 0 saturated heterocycles. The molecule has 0 radical (unpaired) electrons. The summed E-state index contributed by atoms with van der Waals surface area (Å²) in [6.45, 7) is 0. The van der Waals surface area contributed by atoms with Crippen LogP contribution in [0.4, 0.5) is 0 Å². The van der Waals surface area contributed by atoms with Gasteiger partial charge in [0.1, 0.15) is 0 Å². The van der Waals surface area contributed by atoms with Gasteiger partial charge >= 0.3 is 0 Å². The van der Waals surface area contributed by atoms with Gasteiger partial charge in [-0.15, -0.1) is 0 Å². The summed E-state index contributed by atoms with van der Waals surface area (Å²) in [5.74, 6) is 0. The molecule has 90 valence electrons. The maximum absolute atomic E-state index is 8.79. The van der Waals surface area contributed by atoms with E-state index in [2.05, 4.69) is 53.7 Å². The average Bonchev–Trinajstić information content (AvgIpc) is 2.46. The first-order valence-electron chi connectivity index (χ1n) is 6.22. The molecule has 0 unspecified atom stereocenters. The minimum absolute atomic E-state index is 0.938. The molecular formula is C17H11NO. The molecule has 2 heteroatoms. The Morgan fingerprint density at radius 2 is 1.37 bits per heavy atom. The van der Waals surface area contributed by atoms with Gasteiger partial charge in [-0.05, 0) is 32.3 Å². The largest absolute Gasteiger partial charge is 0.411 e. The highest BCUT2D eigenvalue weighted by atomic mass is 16.4. The van der Waals surface area contributed by atoms with E-state index in [0.29, 0.717) is 0 Å². The first-order chi connectivity index (χ1) is 9.38. The van der Waals surface area contributed by atoms with Gasteiger partial charge in [0, 0.05) is 5.56 Å². The summed E-state index contributed by atoms with van der Waals surface area (Å²) < 4.78 is 0. The monoisotopic (exact) mass is 245 g/mol. The minimum atomic E-state index is 0.938. The number of rotatable bonds is 1. The standard InChI is InChI=1S/C17H11NO/c19-18-10-14-7-6-13-5-4-11-2-1-3-12-8-9-15(14)17(13)16(11)12/h1-10,19H. The highest BCUT2D eigenvalue weighted by Gasteiger charge is 2.09. The molecule has 4 rings (SSSR count). The third-order valence-corrected chi connectivity index (χ3v) is 3.76. The van der Waals surface area contributed by atoms with Crippen molar-refractivity contribution in [2.75, 3.05) is 0 Å². The fraction of sp³-hybridized carbons (Fsp3) is 0. The van der Waals surface area contributed by atoms with Gasteiger partial charge in [-0.1, -0.05) is 59.8 Å². The molecule has 0 heterocycles. The lowest BCUT2D eigenvalue weighted by Gasteiger charge is -2.11. The third-order valence-electron chi connectivity index (χ3n) is 3.76. The molecule has 0 atom stereocenters. The van der Waals surface area contributed by atoms with E-state index in [-0.39, 0.29) is 0 Å². The van der Waals surface area contributed by atoms with Crippen LogP contribution in [0, 0.1) is 0 Å². The second kappa shape index (κ2) is 3.69. The maximum atomic E-state index is 8.79. The molecule has 0 fully saturated rings. The summed E-state index contributed by atoms with van der Waals surface area (Å²) in [5, 5.41) is 19.3. The van der Waals surface area contributed by atoms with Crippen LogP contribution in [-0.2, 0) is 0 Å². The Morgan fingerprint density at radius 3 is 2.11 bits per heavy atom. The van der Waals surface area contributed by atoms with Crippen LogP contribution in [0.15, 0.2) is 59.8 Å². The van der Waals surface area contributed by atoms with Crippen LogP contribution in [0.2, 0.25) is 0 Å². The van der Waals surface area contributed by atoms with Gasteiger partial charge in [0.15, 0.2) is 0 Å². The van der Waals surface area contributed by atoms with Gasteiger partial charge in [0.05, 0.1) is 6.21 Å². The Morgan fingerprint density at radius 1 is 0.737 bits per heavy atom. The molecular weight excluding hydrogens is 234 g/mol. The fourth-order valence-corrected chi connectivity index (χ4v) is 2.93. The Hall–Kier alpha value is -2.61. The van der Waals surface area contributed by atoms with E-state index in [1.165, 1.54) is 33.1 Å². The van der Waals surface area contributed by atoms with Gasteiger partial charge in [-0.25, -0.2) is 0 Å². The smallest absolute Gasteiger partial charge is 0.0740 e. The predicted molar refractivity (Wildman–Crippen MR) is 79.5 cm³/mol. The predicted octanol–water partition coefficient (Wildman–Crippen LogP) is 4.39. The van der Waals surface area contributed by atoms with Gasteiger partial charge in [0.25, 0.3) is 0 Å². The number of benzene rings is 4. The molecule has 0 spiro atoms. The molecule has 1 N–H and O–H groups in total. The van der Waals surface area contributed by atoms with Gasteiger partial charge in [-0.3, -0.25) is 0 Å². The molecule has 0 aliphatic heterocycles. The summed E-state index contributed by atoms with van der Waals surface area (Å²) in [7, 11) is 0. The third kappa shape index (κ3) is 1.34. The molecule has 19 heavy (non-hydrogen) atoms. The molecule has 4 aromatic rings. The van der Waals surface area contributed by atoms with E-state index in [4.69, 9.17) is 5.21 Å². The van der Waals surface area contributed by atoms with Gasteiger partial charge in [0.2, 0.25) is 0 Å². The molecule has 4 aromatic carbocycles. The topological polar surface area (TPSA) is 32.6 Å². The van der Waals surface area contributed by atoms with Crippen molar-refractivity contribution in [2.45, 2.75) is 0 Å². The quantitative estimate of drug-likeness (QED) is 0.229.